The van der Waals surface area contributed by atoms with Gasteiger partial charge >= 0.3 is 0 Å². The lowest BCUT2D eigenvalue weighted by Crippen LogP contribution is -2.01. The van der Waals surface area contributed by atoms with Gasteiger partial charge in [-0.25, -0.2) is 0 Å². The maximum absolute atomic E-state index is 11.0. The number of anilines is 1. The summed E-state index contributed by atoms with van der Waals surface area (Å²) in [6, 6.07) is 12.8. The smallest absolute Gasteiger partial charge is 0.292 e. The minimum absolute atomic E-state index is 0.100. The van der Waals surface area contributed by atoms with E-state index in [4.69, 9.17) is 11.6 Å². The van der Waals surface area contributed by atoms with E-state index in [2.05, 4.69) is 5.32 Å². The lowest BCUT2D eigenvalue weighted by molar-refractivity contribution is -0.384. The van der Waals surface area contributed by atoms with Crippen LogP contribution in [0.5, 0.6) is 0 Å². The number of halogens is 1. The molecule has 0 atom stereocenters. The van der Waals surface area contributed by atoms with Crippen molar-refractivity contribution in [3.8, 4) is 0 Å². The normalized spacial score (nSPS) is 10.4. The summed E-state index contributed by atoms with van der Waals surface area (Å²) >= 11 is 7.73. The van der Waals surface area contributed by atoms with Crippen LogP contribution in [-0.2, 0) is 5.75 Å². The van der Waals surface area contributed by atoms with E-state index < -0.39 is 0 Å². The molecule has 0 unspecified atom stereocenters. The second-order valence-corrected chi connectivity index (χ2v) is 5.78. The number of hydrogen-bond acceptors (Lipinski definition) is 4. The summed E-state index contributed by atoms with van der Waals surface area (Å²) in [5.41, 5.74) is 1.67. The van der Waals surface area contributed by atoms with Crippen LogP contribution in [0.4, 0.5) is 11.4 Å². The lowest BCUT2D eigenvalue weighted by Gasteiger charge is -2.08. The van der Waals surface area contributed by atoms with Crippen molar-refractivity contribution in [3.63, 3.8) is 0 Å². The van der Waals surface area contributed by atoms with Crippen LogP contribution in [0.1, 0.15) is 12.5 Å². The van der Waals surface area contributed by atoms with Crippen LogP contribution >= 0.6 is 23.4 Å². The van der Waals surface area contributed by atoms with Crippen molar-refractivity contribution in [1.29, 1.82) is 0 Å². The molecule has 0 bridgehead atoms. The Balaban J connectivity index is 2.15. The predicted molar refractivity (Wildman–Crippen MR) is 88.3 cm³/mol. The summed E-state index contributed by atoms with van der Waals surface area (Å²) in [6.45, 7) is 2.55. The molecule has 6 heteroatoms. The lowest BCUT2D eigenvalue weighted by atomic mass is 10.2. The van der Waals surface area contributed by atoms with Crippen molar-refractivity contribution in [3.05, 3.63) is 63.2 Å². The molecule has 0 amide bonds. The second kappa shape index (κ2) is 7.33. The molecule has 2 aromatic rings. The van der Waals surface area contributed by atoms with Crippen molar-refractivity contribution in [2.45, 2.75) is 17.6 Å². The number of nitro benzene ring substituents is 1. The van der Waals surface area contributed by atoms with Crippen LogP contribution in [0.2, 0.25) is 5.02 Å². The van der Waals surface area contributed by atoms with Crippen LogP contribution < -0.4 is 5.32 Å². The highest BCUT2D eigenvalue weighted by Crippen LogP contribution is 2.32. The highest BCUT2D eigenvalue weighted by atomic mass is 35.5. The Labute approximate surface area is 132 Å². The maximum atomic E-state index is 11.0. The number of hydrogen-bond donors (Lipinski definition) is 1. The van der Waals surface area contributed by atoms with Gasteiger partial charge in [-0.3, -0.25) is 10.1 Å². The van der Waals surface area contributed by atoms with Crippen molar-refractivity contribution in [1.82, 2.24) is 0 Å². The Bertz CT molecular complexity index is 649. The number of nitrogens with one attached hydrogen (secondary N) is 1. The van der Waals surface area contributed by atoms with E-state index in [1.165, 1.54) is 0 Å². The van der Waals surface area contributed by atoms with Gasteiger partial charge in [-0.2, -0.15) is 0 Å². The van der Waals surface area contributed by atoms with Gasteiger partial charge in [0.1, 0.15) is 5.69 Å². The molecule has 2 aromatic carbocycles. The summed E-state index contributed by atoms with van der Waals surface area (Å²) in [6.07, 6.45) is 0. The molecule has 2 rings (SSSR count). The van der Waals surface area contributed by atoms with Crippen LogP contribution in [-0.4, -0.2) is 11.5 Å². The number of benzene rings is 2. The Morgan fingerprint density at radius 1 is 1.29 bits per heavy atom. The molecule has 110 valence electrons. The molecule has 0 aliphatic carbocycles. The van der Waals surface area contributed by atoms with E-state index in [9.17, 15) is 10.1 Å². The molecule has 1 N–H and O–H groups in total. The van der Waals surface area contributed by atoms with Gasteiger partial charge in [0.15, 0.2) is 0 Å². The van der Waals surface area contributed by atoms with Gasteiger partial charge in [-0.05, 0) is 30.7 Å². The average Bonchev–Trinajstić information content (AvgIpc) is 2.46. The SMILES string of the molecule is CCNc1cc(CSc2ccccc2Cl)ccc1[N+](=O)[O-]. The van der Waals surface area contributed by atoms with Crippen molar-refractivity contribution >= 4 is 34.7 Å². The molecular formula is C15H15ClN2O2S. The average molecular weight is 323 g/mol. The number of nitrogens with zero attached hydrogens (tertiary/aromatic N) is 1. The van der Waals surface area contributed by atoms with Crippen molar-refractivity contribution in [2.75, 3.05) is 11.9 Å². The highest BCUT2D eigenvalue weighted by molar-refractivity contribution is 7.98. The molecule has 0 fully saturated rings. The first-order chi connectivity index (χ1) is 10.1. The topological polar surface area (TPSA) is 55.2 Å². The number of thioether (sulfide) groups is 1. The Kier molecular flexibility index (Phi) is 5.47. The first kappa shape index (κ1) is 15.7. The Hall–Kier alpha value is -1.72. The van der Waals surface area contributed by atoms with E-state index >= 15 is 0 Å². The zero-order valence-corrected chi connectivity index (χ0v) is 13.1. The zero-order valence-electron chi connectivity index (χ0n) is 11.5. The number of nitro groups is 1. The molecule has 0 saturated heterocycles. The third-order valence-electron chi connectivity index (χ3n) is 2.86. The molecule has 0 aliphatic heterocycles. The molecule has 0 aliphatic rings. The first-order valence-electron chi connectivity index (χ1n) is 6.50. The molecule has 21 heavy (non-hydrogen) atoms. The molecule has 0 spiro atoms. The summed E-state index contributed by atoms with van der Waals surface area (Å²) in [5, 5.41) is 14.7. The number of rotatable bonds is 6. The molecular weight excluding hydrogens is 308 g/mol. The summed E-state index contributed by atoms with van der Waals surface area (Å²) in [4.78, 5) is 11.6. The van der Waals surface area contributed by atoms with Gasteiger partial charge in [-0.1, -0.05) is 29.8 Å². The highest BCUT2D eigenvalue weighted by Gasteiger charge is 2.13. The van der Waals surface area contributed by atoms with Gasteiger partial charge in [0.05, 0.1) is 9.95 Å². The van der Waals surface area contributed by atoms with E-state index in [0.29, 0.717) is 18.0 Å². The minimum Gasteiger partial charge on any atom is -0.380 e. The fourth-order valence-electron chi connectivity index (χ4n) is 1.89. The van der Waals surface area contributed by atoms with Gasteiger partial charge in [-0.15, -0.1) is 11.8 Å². The Morgan fingerprint density at radius 3 is 2.71 bits per heavy atom. The summed E-state index contributed by atoms with van der Waals surface area (Å²) < 4.78 is 0. The predicted octanol–water partition coefficient (Wildman–Crippen LogP) is 4.97. The monoisotopic (exact) mass is 322 g/mol. The van der Waals surface area contributed by atoms with E-state index in [-0.39, 0.29) is 10.6 Å². The van der Waals surface area contributed by atoms with Crippen LogP contribution in [0.25, 0.3) is 0 Å². The van der Waals surface area contributed by atoms with E-state index in [1.807, 2.05) is 37.3 Å². The third kappa shape index (κ3) is 4.12. The fraction of sp³-hybridized carbons (Fsp3) is 0.200. The Morgan fingerprint density at radius 2 is 2.05 bits per heavy atom. The van der Waals surface area contributed by atoms with Crippen LogP contribution in [0.3, 0.4) is 0 Å². The van der Waals surface area contributed by atoms with E-state index in [0.717, 1.165) is 15.5 Å². The zero-order chi connectivity index (χ0) is 15.2. The van der Waals surface area contributed by atoms with Gasteiger partial charge < -0.3 is 5.32 Å². The van der Waals surface area contributed by atoms with Gasteiger partial charge in [0.25, 0.3) is 5.69 Å². The van der Waals surface area contributed by atoms with Gasteiger partial charge in [0, 0.05) is 23.3 Å². The molecule has 0 heterocycles. The van der Waals surface area contributed by atoms with Crippen LogP contribution in [0, 0.1) is 10.1 Å². The quantitative estimate of drug-likeness (QED) is 0.463. The van der Waals surface area contributed by atoms with Crippen molar-refractivity contribution in [2.24, 2.45) is 0 Å². The molecule has 4 nitrogen and oxygen atoms in total. The third-order valence-corrected chi connectivity index (χ3v) is 4.44. The molecule has 0 radical (unpaired) electrons. The maximum Gasteiger partial charge on any atom is 0.292 e. The second-order valence-electron chi connectivity index (χ2n) is 4.36. The summed E-state index contributed by atoms with van der Waals surface area (Å²) in [5.74, 6) is 0.708. The first-order valence-corrected chi connectivity index (χ1v) is 7.86. The largest absolute Gasteiger partial charge is 0.380 e. The van der Waals surface area contributed by atoms with Crippen molar-refractivity contribution < 1.29 is 4.92 Å². The van der Waals surface area contributed by atoms with Gasteiger partial charge in [0.2, 0.25) is 0 Å². The van der Waals surface area contributed by atoms with E-state index in [1.54, 1.807) is 23.9 Å². The fourth-order valence-corrected chi connectivity index (χ4v) is 3.07. The van der Waals surface area contributed by atoms with Crippen LogP contribution in [0.15, 0.2) is 47.4 Å². The molecule has 0 aromatic heterocycles. The standard InChI is InChI=1S/C15H15ClN2O2S/c1-2-17-13-9-11(7-8-14(13)18(19)20)10-21-15-6-4-3-5-12(15)16/h3-9,17H,2,10H2,1H3. The minimum atomic E-state index is -0.372. The molecule has 0 saturated carbocycles. The summed E-state index contributed by atoms with van der Waals surface area (Å²) in [7, 11) is 0.